The van der Waals surface area contributed by atoms with Gasteiger partial charge in [-0.15, -0.1) is 0 Å². The van der Waals surface area contributed by atoms with Gasteiger partial charge in [0, 0.05) is 16.6 Å². The Bertz CT molecular complexity index is 1420. The Kier molecular flexibility index (Phi) is 5.43. The number of anilines is 2. The number of fused-ring (bicyclic) bond motifs is 1. The van der Waals surface area contributed by atoms with Crippen molar-refractivity contribution in [3.8, 4) is 11.1 Å². The lowest BCUT2D eigenvalue weighted by atomic mass is 10.0. The standard InChI is InChI=1S/C28H20N2O3/c31-27(21-17-15-20(16-18-21)19-9-3-1-4-10-19)30-25-23-13-7-8-14-24(23)33-26(25)28(32)29-22-11-5-2-6-12-22/h1-18H,(H,29,32)(H,30,31). The Morgan fingerprint density at radius 2 is 1.18 bits per heavy atom. The van der Waals surface area contributed by atoms with E-state index in [9.17, 15) is 9.59 Å². The molecule has 0 spiro atoms. The van der Waals surface area contributed by atoms with E-state index in [1.165, 1.54) is 0 Å². The molecule has 33 heavy (non-hydrogen) atoms. The summed E-state index contributed by atoms with van der Waals surface area (Å²) >= 11 is 0. The van der Waals surface area contributed by atoms with Gasteiger partial charge in [0.15, 0.2) is 0 Å². The number of rotatable bonds is 5. The topological polar surface area (TPSA) is 71.3 Å². The number of hydrogen-bond acceptors (Lipinski definition) is 3. The highest BCUT2D eigenvalue weighted by Crippen LogP contribution is 2.32. The summed E-state index contributed by atoms with van der Waals surface area (Å²) in [5.41, 5.74) is 4.07. The number of hydrogen-bond donors (Lipinski definition) is 2. The number of carbonyl (C=O) groups is 2. The van der Waals surface area contributed by atoms with Crippen molar-refractivity contribution in [2.45, 2.75) is 0 Å². The zero-order valence-electron chi connectivity index (χ0n) is 17.6. The number of carbonyl (C=O) groups excluding carboxylic acids is 2. The summed E-state index contributed by atoms with van der Waals surface area (Å²) in [5.74, 6) is -0.712. The first-order valence-electron chi connectivity index (χ1n) is 10.5. The summed E-state index contributed by atoms with van der Waals surface area (Å²) in [7, 11) is 0. The highest BCUT2D eigenvalue weighted by molar-refractivity contribution is 6.16. The number of nitrogens with one attached hydrogen (secondary N) is 2. The van der Waals surface area contributed by atoms with Crippen LogP contribution in [0.3, 0.4) is 0 Å². The van der Waals surface area contributed by atoms with Crippen LogP contribution in [0.15, 0.2) is 114 Å². The van der Waals surface area contributed by atoms with Gasteiger partial charge in [-0.3, -0.25) is 9.59 Å². The van der Waals surface area contributed by atoms with Crippen molar-refractivity contribution in [1.82, 2.24) is 0 Å². The lowest BCUT2D eigenvalue weighted by Crippen LogP contribution is -2.17. The molecule has 2 N–H and O–H groups in total. The summed E-state index contributed by atoms with van der Waals surface area (Å²) in [4.78, 5) is 26.0. The van der Waals surface area contributed by atoms with Crippen molar-refractivity contribution in [2.75, 3.05) is 10.6 Å². The third kappa shape index (κ3) is 4.25. The predicted octanol–water partition coefficient (Wildman–Crippen LogP) is 6.60. The molecule has 5 aromatic rings. The summed E-state index contributed by atoms with van der Waals surface area (Å²) in [6, 6.07) is 33.6. The largest absolute Gasteiger partial charge is 0.449 e. The molecule has 0 bridgehead atoms. The van der Waals surface area contributed by atoms with Crippen LogP contribution >= 0.6 is 0 Å². The number of para-hydroxylation sites is 2. The minimum absolute atomic E-state index is 0.0503. The van der Waals surface area contributed by atoms with E-state index in [4.69, 9.17) is 4.42 Å². The second-order valence-corrected chi connectivity index (χ2v) is 7.52. The lowest BCUT2D eigenvalue weighted by molar-refractivity contribution is 0.0999. The monoisotopic (exact) mass is 432 g/mol. The molecule has 4 aromatic carbocycles. The van der Waals surface area contributed by atoms with E-state index < -0.39 is 5.91 Å². The van der Waals surface area contributed by atoms with Crippen molar-refractivity contribution in [2.24, 2.45) is 0 Å². The van der Waals surface area contributed by atoms with Gasteiger partial charge in [0.25, 0.3) is 11.8 Å². The summed E-state index contributed by atoms with van der Waals surface area (Å²) in [6.07, 6.45) is 0. The highest BCUT2D eigenvalue weighted by Gasteiger charge is 2.23. The Hall–Kier alpha value is -4.64. The molecule has 0 saturated heterocycles. The van der Waals surface area contributed by atoms with Crippen LogP contribution < -0.4 is 10.6 Å². The van der Waals surface area contributed by atoms with E-state index in [-0.39, 0.29) is 11.7 Å². The molecule has 2 amide bonds. The van der Waals surface area contributed by atoms with Crippen LogP contribution in [0.2, 0.25) is 0 Å². The molecule has 0 aliphatic heterocycles. The Labute approximate surface area is 190 Å². The fourth-order valence-electron chi connectivity index (χ4n) is 3.67. The molecule has 0 saturated carbocycles. The van der Waals surface area contributed by atoms with Gasteiger partial charge in [-0.05, 0) is 47.5 Å². The molecule has 0 fully saturated rings. The van der Waals surface area contributed by atoms with Gasteiger partial charge in [0.1, 0.15) is 11.3 Å². The van der Waals surface area contributed by atoms with Crippen LogP contribution in [0.25, 0.3) is 22.1 Å². The SMILES string of the molecule is O=C(Nc1c(C(=O)Nc2ccccc2)oc2ccccc12)c1ccc(-c2ccccc2)cc1. The molecule has 1 heterocycles. The van der Waals surface area contributed by atoms with Gasteiger partial charge >= 0.3 is 0 Å². The minimum atomic E-state index is -0.438. The molecule has 0 aliphatic rings. The molecule has 0 unspecified atom stereocenters. The van der Waals surface area contributed by atoms with Crippen LogP contribution in [0.5, 0.6) is 0 Å². The predicted molar refractivity (Wildman–Crippen MR) is 130 cm³/mol. The molecule has 5 nitrogen and oxygen atoms in total. The average molecular weight is 432 g/mol. The second kappa shape index (κ2) is 8.85. The fourth-order valence-corrected chi connectivity index (χ4v) is 3.67. The maximum Gasteiger partial charge on any atom is 0.293 e. The van der Waals surface area contributed by atoms with Crippen molar-refractivity contribution in [1.29, 1.82) is 0 Å². The number of furan rings is 1. The van der Waals surface area contributed by atoms with E-state index in [0.717, 1.165) is 11.1 Å². The van der Waals surface area contributed by atoms with Crippen molar-refractivity contribution in [3.05, 3.63) is 121 Å². The fraction of sp³-hybridized carbons (Fsp3) is 0. The first-order valence-corrected chi connectivity index (χ1v) is 10.5. The van der Waals surface area contributed by atoms with Crippen molar-refractivity contribution < 1.29 is 14.0 Å². The molecule has 5 heteroatoms. The molecular formula is C28H20N2O3. The molecule has 0 radical (unpaired) electrons. The first kappa shape index (κ1) is 20.3. The van der Waals surface area contributed by atoms with Crippen molar-refractivity contribution >= 4 is 34.2 Å². The molecular weight excluding hydrogens is 412 g/mol. The third-order valence-electron chi connectivity index (χ3n) is 5.33. The van der Waals surface area contributed by atoms with Crippen molar-refractivity contribution in [3.63, 3.8) is 0 Å². The van der Waals surface area contributed by atoms with Gasteiger partial charge in [0.05, 0.1) is 0 Å². The van der Waals surface area contributed by atoms with Gasteiger partial charge in [0.2, 0.25) is 5.76 Å². The van der Waals surface area contributed by atoms with Gasteiger partial charge in [-0.1, -0.05) is 72.8 Å². The quantitative estimate of drug-likeness (QED) is 0.328. The van der Waals surface area contributed by atoms with Gasteiger partial charge in [-0.2, -0.15) is 0 Å². The van der Waals surface area contributed by atoms with E-state index >= 15 is 0 Å². The van der Waals surface area contributed by atoms with E-state index in [0.29, 0.717) is 27.9 Å². The number of benzene rings is 4. The molecule has 0 aliphatic carbocycles. The lowest BCUT2D eigenvalue weighted by Gasteiger charge is -2.08. The Balaban J connectivity index is 1.44. The van der Waals surface area contributed by atoms with Crippen LogP contribution in [-0.2, 0) is 0 Å². The summed E-state index contributed by atoms with van der Waals surface area (Å²) in [5, 5.41) is 6.35. The van der Waals surface area contributed by atoms with Crippen LogP contribution in [-0.4, -0.2) is 11.8 Å². The van der Waals surface area contributed by atoms with Gasteiger partial charge in [-0.25, -0.2) is 0 Å². The first-order chi connectivity index (χ1) is 16.2. The zero-order valence-corrected chi connectivity index (χ0v) is 17.6. The summed E-state index contributed by atoms with van der Waals surface area (Å²) < 4.78 is 5.82. The maximum atomic E-state index is 13.1. The van der Waals surface area contributed by atoms with E-state index in [2.05, 4.69) is 10.6 Å². The normalized spacial score (nSPS) is 10.7. The second-order valence-electron chi connectivity index (χ2n) is 7.52. The smallest absolute Gasteiger partial charge is 0.293 e. The van der Waals surface area contributed by atoms with Crippen LogP contribution in [0, 0.1) is 0 Å². The molecule has 5 rings (SSSR count). The van der Waals surface area contributed by atoms with Crippen LogP contribution in [0.1, 0.15) is 20.9 Å². The average Bonchev–Trinajstić information content (AvgIpc) is 3.24. The zero-order chi connectivity index (χ0) is 22.6. The maximum absolute atomic E-state index is 13.1. The summed E-state index contributed by atoms with van der Waals surface area (Å²) in [6.45, 7) is 0. The molecule has 1 aromatic heterocycles. The molecule has 160 valence electrons. The van der Waals surface area contributed by atoms with E-state index in [1.807, 2.05) is 78.9 Å². The number of amides is 2. The Morgan fingerprint density at radius 3 is 1.91 bits per heavy atom. The van der Waals surface area contributed by atoms with Crippen LogP contribution in [0.4, 0.5) is 11.4 Å². The van der Waals surface area contributed by atoms with Gasteiger partial charge < -0.3 is 15.1 Å². The van der Waals surface area contributed by atoms with E-state index in [1.54, 1.807) is 30.3 Å². The highest BCUT2D eigenvalue weighted by atomic mass is 16.3. The third-order valence-corrected chi connectivity index (χ3v) is 5.33. The minimum Gasteiger partial charge on any atom is -0.449 e. The Morgan fingerprint density at radius 1 is 0.576 bits per heavy atom. The molecule has 0 atom stereocenters.